The van der Waals surface area contributed by atoms with Gasteiger partial charge < -0.3 is 10.1 Å². The minimum Gasteiger partial charge on any atom is -0.480 e. The van der Waals surface area contributed by atoms with Crippen LogP contribution in [-0.4, -0.2) is 31.2 Å². The lowest BCUT2D eigenvalue weighted by Gasteiger charge is -2.10. The molecule has 0 fully saturated rings. The van der Waals surface area contributed by atoms with Gasteiger partial charge >= 0.3 is 0 Å². The van der Waals surface area contributed by atoms with Crippen LogP contribution in [0.4, 0.5) is 0 Å². The molecule has 0 aliphatic heterocycles. The first-order chi connectivity index (χ1) is 15.5. The van der Waals surface area contributed by atoms with Gasteiger partial charge in [-0.25, -0.2) is 5.43 Å². The molecule has 0 aliphatic rings. The minimum atomic E-state index is -0.359. The molecule has 32 heavy (non-hydrogen) atoms. The largest absolute Gasteiger partial charge is 0.480 e. The van der Waals surface area contributed by atoms with Crippen LogP contribution in [0.5, 0.6) is 5.75 Å². The molecule has 0 saturated carbocycles. The number of hydrogen-bond acceptors (Lipinski definition) is 4. The molecule has 0 aliphatic carbocycles. The first-order valence-corrected chi connectivity index (χ1v) is 10.4. The Morgan fingerprint density at radius 1 is 1.09 bits per heavy atom. The molecule has 0 radical (unpaired) electrons. The zero-order valence-corrected chi connectivity index (χ0v) is 18.4. The number of nitrogens with zero attached hydrogens (tertiary/aromatic N) is 1. The number of carbonyl (C=O) groups is 2. The van der Waals surface area contributed by atoms with Gasteiger partial charge in [0.15, 0.2) is 0 Å². The highest BCUT2D eigenvalue weighted by Crippen LogP contribution is 2.26. The van der Waals surface area contributed by atoms with Crippen molar-refractivity contribution in [2.45, 2.75) is 6.42 Å². The second kappa shape index (κ2) is 11.2. The summed E-state index contributed by atoms with van der Waals surface area (Å²) in [6.07, 6.45) is 6.85. The Balaban J connectivity index is 1.58. The van der Waals surface area contributed by atoms with Gasteiger partial charge in [-0.05, 0) is 35.0 Å². The maximum atomic E-state index is 12.1. The standard InChI is InChI=1S/C24H19Cl2N3O3/c1-2-13-32-22-10-8-16-5-3-4-6-18(16)19(22)15-28-29-23(30)11-12-27-24(31)17-7-9-20(25)21(26)14-17/h1,3-10,14-15H,11-13H2,(H,27,31)(H,29,30). The number of carbonyl (C=O) groups excluding carboxylic acids is 2. The lowest BCUT2D eigenvalue weighted by molar-refractivity contribution is -0.120. The Labute approximate surface area is 195 Å². The second-order valence-electron chi connectivity index (χ2n) is 6.62. The summed E-state index contributed by atoms with van der Waals surface area (Å²) in [7, 11) is 0. The summed E-state index contributed by atoms with van der Waals surface area (Å²) in [5.41, 5.74) is 3.51. The Morgan fingerprint density at radius 3 is 2.69 bits per heavy atom. The summed E-state index contributed by atoms with van der Waals surface area (Å²) >= 11 is 11.8. The van der Waals surface area contributed by atoms with E-state index in [9.17, 15) is 9.59 Å². The molecule has 3 rings (SSSR count). The van der Waals surface area contributed by atoms with Crippen molar-refractivity contribution in [3.63, 3.8) is 0 Å². The Hall–Kier alpha value is -3.53. The Bertz CT molecular complexity index is 1220. The van der Waals surface area contributed by atoms with E-state index < -0.39 is 0 Å². The highest BCUT2D eigenvalue weighted by Gasteiger charge is 2.10. The van der Waals surface area contributed by atoms with Crippen LogP contribution in [0.15, 0.2) is 59.7 Å². The van der Waals surface area contributed by atoms with Crippen molar-refractivity contribution >= 4 is 52.0 Å². The number of amides is 2. The van der Waals surface area contributed by atoms with E-state index in [2.05, 4.69) is 21.8 Å². The highest BCUT2D eigenvalue weighted by molar-refractivity contribution is 6.42. The van der Waals surface area contributed by atoms with E-state index in [0.29, 0.717) is 21.9 Å². The van der Waals surface area contributed by atoms with Crippen molar-refractivity contribution in [2.24, 2.45) is 5.10 Å². The number of hydrogen-bond donors (Lipinski definition) is 2. The molecule has 0 unspecified atom stereocenters. The molecule has 0 spiro atoms. The summed E-state index contributed by atoms with van der Waals surface area (Å²) in [5.74, 6) is 2.28. The van der Waals surface area contributed by atoms with Crippen LogP contribution >= 0.6 is 23.2 Å². The third-order valence-electron chi connectivity index (χ3n) is 4.44. The quantitative estimate of drug-likeness (QED) is 0.292. The SMILES string of the molecule is C#CCOc1ccc2ccccc2c1C=NNC(=O)CCNC(=O)c1ccc(Cl)c(Cl)c1. The zero-order chi connectivity index (χ0) is 22.9. The van der Waals surface area contributed by atoms with Gasteiger partial charge in [0, 0.05) is 24.1 Å². The maximum absolute atomic E-state index is 12.1. The number of hydrazone groups is 1. The van der Waals surface area contributed by atoms with Gasteiger partial charge in [0.2, 0.25) is 5.91 Å². The smallest absolute Gasteiger partial charge is 0.251 e. The summed E-state index contributed by atoms with van der Waals surface area (Å²) in [6, 6.07) is 16.0. The molecule has 6 nitrogen and oxygen atoms in total. The van der Waals surface area contributed by atoms with Crippen LogP contribution in [0.1, 0.15) is 22.3 Å². The first kappa shape index (κ1) is 23.1. The molecule has 8 heteroatoms. The lowest BCUT2D eigenvalue weighted by Crippen LogP contribution is -2.29. The normalized spacial score (nSPS) is 10.7. The number of nitrogens with one attached hydrogen (secondary N) is 2. The van der Waals surface area contributed by atoms with Crippen molar-refractivity contribution in [2.75, 3.05) is 13.2 Å². The summed E-state index contributed by atoms with van der Waals surface area (Å²) in [5, 5.41) is 9.24. The summed E-state index contributed by atoms with van der Waals surface area (Å²) in [4.78, 5) is 24.2. The number of ether oxygens (including phenoxy) is 1. The molecule has 0 aromatic heterocycles. The molecule has 3 aromatic carbocycles. The van der Waals surface area contributed by atoms with Crippen LogP contribution in [0.2, 0.25) is 10.0 Å². The van der Waals surface area contributed by atoms with Gasteiger partial charge in [0.05, 0.1) is 16.3 Å². The first-order valence-electron chi connectivity index (χ1n) is 9.62. The third-order valence-corrected chi connectivity index (χ3v) is 5.18. The fraction of sp³-hybridized carbons (Fsp3) is 0.125. The molecular formula is C24H19Cl2N3O3. The van der Waals surface area contributed by atoms with Crippen LogP contribution < -0.4 is 15.5 Å². The minimum absolute atomic E-state index is 0.0421. The molecule has 2 N–H and O–H groups in total. The monoisotopic (exact) mass is 467 g/mol. The number of fused-ring (bicyclic) bond motifs is 1. The van der Waals surface area contributed by atoms with Crippen LogP contribution in [0, 0.1) is 12.3 Å². The number of benzene rings is 3. The lowest BCUT2D eigenvalue weighted by atomic mass is 10.0. The number of terminal acetylenes is 1. The van der Waals surface area contributed by atoms with E-state index in [1.807, 2.05) is 30.3 Å². The van der Waals surface area contributed by atoms with E-state index >= 15 is 0 Å². The Kier molecular flexibility index (Phi) is 8.09. The van der Waals surface area contributed by atoms with Crippen LogP contribution in [-0.2, 0) is 4.79 Å². The predicted molar refractivity (Wildman–Crippen MR) is 127 cm³/mol. The van der Waals surface area contributed by atoms with Crippen molar-refractivity contribution < 1.29 is 14.3 Å². The van der Waals surface area contributed by atoms with Gasteiger partial charge in [-0.2, -0.15) is 5.10 Å². The molecule has 0 heterocycles. The molecule has 162 valence electrons. The van der Waals surface area contributed by atoms with Crippen molar-refractivity contribution in [3.8, 4) is 18.1 Å². The molecule has 3 aromatic rings. The van der Waals surface area contributed by atoms with Crippen LogP contribution in [0.3, 0.4) is 0 Å². The molecule has 0 bridgehead atoms. The average molecular weight is 468 g/mol. The highest BCUT2D eigenvalue weighted by atomic mass is 35.5. The van der Waals surface area contributed by atoms with Gasteiger partial charge in [-0.3, -0.25) is 9.59 Å². The summed E-state index contributed by atoms with van der Waals surface area (Å²) < 4.78 is 5.60. The van der Waals surface area contributed by atoms with Crippen molar-refractivity contribution in [1.82, 2.24) is 10.7 Å². The van der Waals surface area contributed by atoms with Crippen molar-refractivity contribution in [3.05, 3.63) is 75.8 Å². The molecular weight excluding hydrogens is 449 g/mol. The van der Waals surface area contributed by atoms with E-state index in [0.717, 1.165) is 10.8 Å². The molecule has 0 saturated heterocycles. The maximum Gasteiger partial charge on any atom is 0.251 e. The number of halogens is 2. The third kappa shape index (κ3) is 6.01. The van der Waals surface area contributed by atoms with Gasteiger partial charge in [-0.15, -0.1) is 6.42 Å². The van der Waals surface area contributed by atoms with Gasteiger partial charge in [0.25, 0.3) is 5.91 Å². The predicted octanol–water partition coefficient (Wildman–Crippen LogP) is 4.43. The average Bonchev–Trinajstić information content (AvgIpc) is 2.80. The van der Waals surface area contributed by atoms with E-state index in [1.165, 1.54) is 18.3 Å². The number of rotatable bonds is 8. The summed E-state index contributed by atoms with van der Waals surface area (Å²) in [6.45, 7) is 0.245. The van der Waals surface area contributed by atoms with Crippen LogP contribution in [0.25, 0.3) is 10.8 Å². The molecule has 0 atom stereocenters. The van der Waals surface area contributed by atoms with Crippen molar-refractivity contribution in [1.29, 1.82) is 0 Å². The van der Waals surface area contributed by atoms with E-state index in [1.54, 1.807) is 12.1 Å². The van der Waals surface area contributed by atoms with Gasteiger partial charge in [-0.1, -0.05) is 59.5 Å². The fourth-order valence-corrected chi connectivity index (χ4v) is 3.21. The Morgan fingerprint density at radius 2 is 1.91 bits per heavy atom. The van der Waals surface area contributed by atoms with E-state index in [-0.39, 0.29) is 36.4 Å². The fourth-order valence-electron chi connectivity index (χ4n) is 2.91. The van der Waals surface area contributed by atoms with E-state index in [4.69, 9.17) is 34.4 Å². The topological polar surface area (TPSA) is 79.8 Å². The van der Waals surface area contributed by atoms with Gasteiger partial charge in [0.1, 0.15) is 12.4 Å². The molecule has 2 amide bonds. The second-order valence-corrected chi connectivity index (χ2v) is 7.43. The zero-order valence-electron chi connectivity index (χ0n) is 16.9.